The fourth-order valence-electron chi connectivity index (χ4n) is 1.59. The summed E-state index contributed by atoms with van der Waals surface area (Å²) in [6, 6.07) is -1.17. The minimum atomic E-state index is -1.17. The summed E-state index contributed by atoms with van der Waals surface area (Å²) in [6.45, 7) is 0. The van der Waals surface area contributed by atoms with Crippen molar-refractivity contribution in [2.75, 3.05) is 0 Å². The first-order chi connectivity index (χ1) is 7.02. The molecule has 0 spiro atoms. The summed E-state index contributed by atoms with van der Waals surface area (Å²) in [6.07, 6.45) is 1.72. The van der Waals surface area contributed by atoms with Crippen LogP contribution in [0.4, 0.5) is 0 Å². The average molecular weight is 211 g/mol. The summed E-state index contributed by atoms with van der Waals surface area (Å²) in [4.78, 5) is 45.4. The molecule has 4 amide bonds. The lowest BCUT2D eigenvalue weighted by atomic mass is 10.2. The Morgan fingerprint density at radius 2 is 1.73 bits per heavy atom. The first-order valence-corrected chi connectivity index (χ1v) is 4.21. The van der Waals surface area contributed by atoms with Gasteiger partial charge in [0.1, 0.15) is 6.42 Å². The van der Waals surface area contributed by atoms with E-state index in [1.165, 1.54) is 0 Å². The molecule has 0 radical (unpaired) electrons. The van der Waals surface area contributed by atoms with Crippen molar-refractivity contribution < 1.29 is 29.4 Å². The number of amides is 4. The Bertz CT molecular complexity index is 395. The van der Waals surface area contributed by atoms with Gasteiger partial charge >= 0.3 is 11.8 Å². The SMILES string of the molecule is O=C1C=CC(=O)N1C1CC(=O)[NH+](O)C1=O. The maximum absolute atomic E-state index is 11.3. The highest BCUT2D eigenvalue weighted by Crippen LogP contribution is 2.13. The number of nitrogens with one attached hydrogen (secondary N) is 1. The van der Waals surface area contributed by atoms with E-state index < -0.39 is 34.7 Å². The highest BCUT2D eigenvalue weighted by molar-refractivity contribution is 6.15. The quantitative estimate of drug-likeness (QED) is 0.356. The Hall–Kier alpha value is -1.86. The lowest BCUT2D eigenvalue weighted by molar-refractivity contribution is -0.948. The zero-order valence-corrected chi connectivity index (χ0v) is 7.47. The van der Waals surface area contributed by atoms with Crippen molar-refractivity contribution in [1.82, 2.24) is 4.90 Å². The third kappa shape index (κ3) is 1.29. The van der Waals surface area contributed by atoms with Crippen LogP contribution in [0.2, 0.25) is 0 Å². The molecule has 1 saturated heterocycles. The summed E-state index contributed by atoms with van der Waals surface area (Å²) in [5.41, 5.74) is 0. The highest BCUT2D eigenvalue weighted by Gasteiger charge is 2.51. The van der Waals surface area contributed by atoms with Crippen LogP contribution in [0.5, 0.6) is 0 Å². The van der Waals surface area contributed by atoms with Gasteiger partial charge in [-0.05, 0) is 0 Å². The summed E-state index contributed by atoms with van der Waals surface area (Å²) in [5, 5.41) is 8.14. The second-order valence-corrected chi connectivity index (χ2v) is 3.24. The molecule has 2 N–H and O–H groups in total. The zero-order chi connectivity index (χ0) is 11.2. The summed E-state index contributed by atoms with van der Waals surface area (Å²) in [5.74, 6) is -2.88. The number of hydrogen-bond donors (Lipinski definition) is 2. The molecule has 1 fully saturated rings. The van der Waals surface area contributed by atoms with E-state index >= 15 is 0 Å². The predicted octanol–water partition coefficient (Wildman–Crippen LogP) is -2.99. The van der Waals surface area contributed by atoms with Crippen LogP contribution in [0.3, 0.4) is 0 Å². The van der Waals surface area contributed by atoms with Crippen LogP contribution in [-0.4, -0.2) is 39.8 Å². The molecule has 15 heavy (non-hydrogen) atoms. The largest absolute Gasteiger partial charge is 0.375 e. The molecule has 0 aromatic carbocycles. The normalized spacial score (nSPS) is 30.9. The molecule has 7 heteroatoms. The van der Waals surface area contributed by atoms with Crippen LogP contribution < -0.4 is 5.06 Å². The van der Waals surface area contributed by atoms with Gasteiger partial charge in [0.15, 0.2) is 6.04 Å². The molecule has 2 unspecified atom stereocenters. The lowest BCUT2D eigenvalue weighted by Crippen LogP contribution is -3.13. The number of hydroxylamine groups is 2. The molecule has 7 nitrogen and oxygen atoms in total. The summed E-state index contributed by atoms with van der Waals surface area (Å²) < 4.78 is 0. The van der Waals surface area contributed by atoms with Crippen LogP contribution in [0, 0.1) is 0 Å². The van der Waals surface area contributed by atoms with E-state index in [4.69, 9.17) is 5.21 Å². The monoisotopic (exact) mass is 211 g/mol. The van der Waals surface area contributed by atoms with Gasteiger partial charge in [0.2, 0.25) is 0 Å². The number of carbonyl (C=O) groups is 4. The molecule has 0 aliphatic carbocycles. The molecule has 2 rings (SSSR count). The Morgan fingerprint density at radius 1 is 1.20 bits per heavy atom. The first-order valence-electron chi connectivity index (χ1n) is 4.21. The summed E-state index contributed by atoms with van der Waals surface area (Å²) >= 11 is 0. The fraction of sp³-hybridized carbons (Fsp3) is 0.250. The third-order valence-electron chi connectivity index (χ3n) is 2.33. The molecule has 78 valence electrons. The Kier molecular flexibility index (Phi) is 1.98. The van der Waals surface area contributed by atoms with Gasteiger partial charge in [-0.25, -0.2) is 14.8 Å². The minimum absolute atomic E-state index is 0.330. The molecule has 0 aromatic heterocycles. The van der Waals surface area contributed by atoms with Crippen LogP contribution in [-0.2, 0) is 19.2 Å². The van der Waals surface area contributed by atoms with Gasteiger partial charge in [-0.1, -0.05) is 5.06 Å². The summed E-state index contributed by atoms with van der Waals surface area (Å²) in [7, 11) is 0. The number of rotatable bonds is 1. The second-order valence-electron chi connectivity index (χ2n) is 3.24. The number of hydrogen-bond acceptors (Lipinski definition) is 5. The number of nitrogens with zero attached hydrogens (tertiary/aromatic N) is 1. The van der Waals surface area contributed by atoms with Crippen LogP contribution in [0.25, 0.3) is 0 Å². The van der Waals surface area contributed by atoms with Crippen molar-refractivity contribution in [2.45, 2.75) is 12.5 Å². The smallest absolute Gasteiger partial charge is 0.269 e. The minimum Gasteiger partial charge on any atom is -0.269 e. The van der Waals surface area contributed by atoms with Crippen molar-refractivity contribution >= 4 is 23.6 Å². The Balaban J connectivity index is 2.27. The maximum Gasteiger partial charge on any atom is 0.375 e. The van der Waals surface area contributed by atoms with E-state index in [2.05, 4.69) is 0 Å². The maximum atomic E-state index is 11.3. The van der Waals surface area contributed by atoms with Crippen LogP contribution in [0.15, 0.2) is 12.2 Å². The molecule has 0 aromatic rings. The average Bonchev–Trinajstić information content (AvgIpc) is 2.63. The van der Waals surface area contributed by atoms with Gasteiger partial charge in [-0.15, -0.1) is 0 Å². The molecule has 2 aliphatic rings. The van der Waals surface area contributed by atoms with Crippen LogP contribution >= 0.6 is 0 Å². The van der Waals surface area contributed by atoms with Crippen molar-refractivity contribution in [3.8, 4) is 0 Å². The molecule has 2 atom stereocenters. The molecule has 2 heterocycles. The zero-order valence-electron chi connectivity index (χ0n) is 7.47. The molecule has 2 aliphatic heterocycles. The van der Waals surface area contributed by atoms with Gasteiger partial charge < -0.3 is 0 Å². The van der Waals surface area contributed by atoms with Gasteiger partial charge in [0.05, 0.1) is 0 Å². The third-order valence-corrected chi connectivity index (χ3v) is 2.33. The van der Waals surface area contributed by atoms with E-state index in [1.54, 1.807) is 0 Å². The number of carbonyl (C=O) groups excluding carboxylic acids is 4. The van der Waals surface area contributed by atoms with Crippen molar-refractivity contribution in [3.63, 3.8) is 0 Å². The van der Waals surface area contributed by atoms with Gasteiger partial charge in [-0.2, -0.15) is 0 Å². The molecule has 0 saturated carbocycles. The molecule has 0 bridgehead atoms. The lowest BCUT2D eigenvalue weighted by Gasteiger charge is -2.16. The predicted molar refractivity (Wildman–Crippen MR) is 42.2 cm³/mol. The highest BCUT2D eigenvalue weighted by atomic mass is 16.5. The molecular formula is C8H7N2O5+. The van der Waals surface area contributed by atoms with Gasteiger partial charge in [0, 0.05) is 12.2 Å². The van der Waals surface area contributed by atoms with Crippen molar-refractivity contribution in [2.24, 2.45) is 0 Å². The molecular weight excluding hydrogens is 204 g/mol. The standard InChI is InChI=1S/C8H6N2O5/c11-5-1-2-6(12)9(5)4-3-7(13)10(15)8(4)14/h1-2,4,15H,3H2/p+1. The van der Waals surface area contributed by atoms with Crippen LogP contribution in [0.1, 0.15) is 6.42 Å². The van der Waals surface area contributed by atoms with E-state index in [-0.39, 0.29) is 6.42 Å². The van der Waals surface area contributed by atoms with Gasteiger partial charge in [-0.3, -0.25) is 14.5 Å². The Morgan fingerprint density at radius 3 is 2.13 bits per heavy atom. The van der Waals surface area contributed by atoms with Crippen molar-refractivity contribution in [1.29, 1.82) is 0 Å². The topological polar surface area (TPSA) is 96.2 Å². The first kappa shape index (κ1) is 9.69. The van der Waals surface area contributed by atoms with E-state index in [0.29, 0.717) is 4.90 Å². The number of imide groups is 2. The fourth-order valence-corrected chi connectivity index (χ4v) is 1.59. The van der Waals surface area contributed by atoms with Crippen molar-refractivity contribution in [3.05, 3.63) is 12.2 Å². The second kappa shape index (κ2) is 3.07. The number of quaternary nitrogens is 1. The van der Waals surface area contributed by atoms with Gasteiger partial charge in [0.25, 0.3) is 11.8 Å². The van der Waals surface area contributed by atoms with E-state index in [0.717, 1.165) is 12.2 Å². The van der Waals surface area contributed by atoms with E-state index in [9.17, 15) is 19.2 Å². The van der Waals surface area contributed by atoms with E-state index in [1.807, 2.05) is 0 Å². The Labute approximate surface area is 83.5 Å².